The molecule has 13 N–H and O–H groups in total. The topological polar surface area (TPSA) is 259 Å². The number of guanidine groups is 2. The van der Waals surface area contributed by atoms with E-state index >= 15 is 0 Å². The standard InChI is InChI=1S/C27H40N10O4/c1-16(38)35-20(8-4-12-33-26(29)30)24(40)36-21(9-5-13-34-27(31)32)25(41)37-22(23(28)39)15-17-10-11-18-6-2-3-7-19(18)14-17/h2-3,6-7,10-11,14,20-22H,4-5,8-9,12-13,15H2,1H3,(H2,28,39)(H,35,38)(H,36,40)(H,37,41)(H4,29,30,33)(H4,31,32,34)/t20-,21+,22+/m1/s1. The van der Waals surface area contributed by atoms with Crippen LogP contribution in [0.2, 0.25) is 0 Å². The zero-order valence-corrected chi connectivity index (χ0v) is 23.1. The van der Waals surface area contributed by atoms with Crippen LogP contribution in [-0.2, 0) is 25.6 Å². The zero-order chi connectivity index (χ0) is 30.4. The van der Waals surface area contributed by atoms with Crippen LogP contribution >= 0.6 is 0 Å². The smallest absolute Gasteiger partial charge is 0.243 e. The van der Waals surface area contributed by atoms with E-state index in [-0.39, 0.29) is 44.3 Å². The van der Waals surface area contributed by atoms with Crippen molar-refractivity contribution >= 4 is 46.3 Å². The summed E-state index contributed by atoms with van der Waals surface area (Å²) < 4.78 is 0. The van der Waals surface area contributed by atoms with Crippen LogP contribution in [0.5, 0.6) is 0 Å². The van der Waals surface area contributed by atoms with Crippen molar-refractivity contribution in [2.24, 2.45) is 38.7 Å². The molecule has 2 aromatic rings. The first-order valence-corrected chi connectivity index (χ1v) is 13.2. The van der Waals surface area contributed by atoms with Gasteiger partial charge in [-0.2, -0.15) is 0 Å². The molecule has 222 valence electrons. The van der Waals surface area contributed by atoms with Crippen LogP contribution in [0.25, 0.3) is 10.8 Å². The monoisotopic (exact) mass is 568 g/mol. The Morgan fingerprint density at radius 1 is 0.707 bits per heavy atom. The second-order valence-corrected chi connectivity index (χ2v) is 9.56. The van der Waals surface area contributed by atoms with E-state index in [9.17, 15) is 19.2 Å². The minimum atomic E-state index is -1.07. The number of hydrogen-bond acceptors (Lipinski definition) is 6. The van der Waals surface area contributed by atoms with Crippen molar-refractivity contribution in [3.8, 4) is 0 Å². The largest absolute Gasteiger partial charge is 0.370 e. The second-order valence-electron chi connectivity index (χ2n) is 9.56. The highest BCUT2D eigenvalue weighted by Gasteiger charge is 2.28. The van der Waals surface area contributed by atoms with Crippen LogP contribution in [0.1, 0.15) is 38.2 Å². The van der Waals surface area contributed by atoms with Crippen molar-refractivity contribution in [2.45, 2.75) is 57.2 Å². The molecule has 41 heavy (non-hydrogen) atoms. The van der Waals surface area contributed by atoms with Gasteiger partial charge in [0.05, 0.1) is 0 Å². The van der Waals surface area contributed by atoms with Crippen LogP contribution in [0.3, 0.4) is 0 Å². The number of primary amides is 1. The molecule has 0 fully saturated rings. The van der Waals surface area contributed by atoms with E-state index in [0.29, 0.717) is 12.8 Å². The fourth-order valence-corrected chi connectivity index (χ4v) is 4.16. The number of aliphatic imine (C=N–C) groups is 2. The summed E-state index contributed by atoms with van der Waals surface area (Å²) in [4.78, 5) is 58.3. The number of fused-ring (bicyclic) bond motifs is 1. The van der Waals surface area contributed by atoms with Gasteiger partial charge in [0.25, 0.3) is 0 Å². The lowest BCUT2D eigenvalue weighted by atomic mass is 10.0. The Morgan fingerprint density at radius 2 is 1.22 bits per heavy atom. The van der Waals surface area contributed by atoms with Crippen molar-refractivity contribution < 1.29 is 19.2 Å². The number of nitrogens with two attached hydrogens (primary N) is 5. The van der Waals surface area contributed by atoms with Crippen molar-refractivity contribution in [3.63, 3.8) is 0 Å². The average Bonchev–Trinajstić information content (AvgIpc) is 2.90. The summed E-state index contributed by atoms with van der Waals surface area (Å²) in [7, 11) is 0. The molecule has 14 heteroatoms. The summed E-state index contributed by atoms with van der Waals surface area (Å²) in [5, 5.41) is 9.94. The molecule has 14 nitrogen and oxygen atoms in total. The van der Waals surface area contributed by atoms with Gasteiger partial charge in [0, 0.05) is 26.4 Å². The molecule has 0 saturated carbocycles. The first kappa shape index (κ1) is 32.3. The average molecular weight is 569 g/mol. The second kappa shape index (κ2) is 16.3. The Morgan fingerprint density at radius 3 is 1.73 bits per heavy atom. The van der Waals surface area contributed by atoms with Crippen molar-refractivity contribution in [1.82, 2.24) is 16.0 Å². The molecule has 3 atom stereocenters. The van der Waals surface area contributed by atoms with Crippen molar-refractivity contribution in [1.29, 1.82) is 0 Å². The maximum atomic E-state index is 13.4. The molecule has 0 aliphatic rings. The molecular formula is C27H40N10O4. The highest BCUT2D eigenvalue weighted by Crippen LogP contribution is 2.17. The highest BCUT2D eigenvalue weighted by atomic mass is 16.2. The predicted octanol–water partition coefficient (Wildman–Crippen LogP) is -1.55. The van der Waals surface area contributed by atoms with E-state index in [4.69, 9.17) is 28.7 Å². The van der Waals surface area contributed by atoms with Gasteiger partial charge in [-0.15, -0.1) is 0 Å². The summed E-state index contributed by atoms with van der Waals surface area (Å²) in [6, 6.07) is 10.4. The summed E-state index contributed by atoms with van der Waals surface area (Å²) in [5.41, 5.74) is 27.9. The van der Waals surface area contributed by atoms with E-state index in [1.165, 1.54) is 6.92 Å². The first-order chi connectivity index (χ1) is 19.5. The molecule has 0 radical (unpaired) electrons. The molecule has 2 aromatic carbocycles. The van der Waals surface area contributed by atoms with Crippen molar-refractivity contribution in [2.75, 3.05) is 13.1 Å². The fraction of sp³-hybridized carbons (Fsp3) is 0.407. The molecule has 0 heterocycles. The lowest BCUT2D eigenvalue weighted by Crippen LogP contribution is -2.56. The van der Waals surface area contributed by atoms with Crippen LogP contribution in [0.4, 0.5) is 0 Å². The van der Waals surface area contributed by atoms with Crippen LogP contribution in [-0.4, -0.2) is 66.8 Å². The molecule has 0 aromatic heterocycles. The zero-order valence-electron chi connectivity index (χ0n) is 23.1. The minimum Gasteiger partial charge on any atom is -0.370 e. The quantitative estimate of drug-likeness (QED) is 0.0666. The lowest BCUT2D eigenvalue weighted by molar-refractivity contribution is -0.133. The molecule has 0 bridgehead atoms. The summed E-state index contributed by atoms with van der Waals surface area (Å²) in [6.45, 7) is 1.75. The van der Waals surface area contributed by atoms with Gasteiger partial charge in [-0.1, -0.05) is 42.5 Å². The van der Waals surface area contributed by atoms with Gasteiger partial charge in [0.1, 0.15) is 18.1 Å². The van der Waals surface area contributed by atoms with E-state index < -0.39 is 41.8 Å². The number of nitrogens with one attached hydrogen (secondary N) is 3. The number of carbonyl (C=O) groups excluding carboxylic acids is 4. The lowest BCUT2D eigenvalue weighted by Gasteiger charge is -2.24. The summed E-state index contributed by atoms with van der Waals surface area (Å²) in [5.74, 6) is -2.55. The molecule has 0 aliphatic heterocycles. The third-order valence-electron chi connectivity index (χ3n) is 6.13. The Kier molecular flexibility index (Phi) is 12.8. The molecule has 0 saturated heterocycles. The summed E-state index contributed by atoms with van der Waals surface area (Å²) >= 11 is 0. The van der Waals surface area contributed by atoms with Crippen LogP contribution < -0.4 is 44.6 Å². The Hall–Kier alpha value is -4.88. The maximum absolute atomic E-state index is 13.4. The number of hydrogen-bond donors (Lipinski definition) is 8. The van der Waals surface area contributed by atoms with Gasteiger partial charge in [0.2, 0.25) is 23.6 Å². The van der Waals surface area contributed by atoms with Gasteiger partial charge < -0.3 is 44.6 Å². The number of rotatable bonds is 16. The summed E-state index contributed by atoms with van der Waals surface area (Å²) in [6.07, 6.45) is 1.26. The number of carbonyl (C=O) groups is 4. The first-order valence-electron chi connectivity index (χ1n) is 13.2. The van der Waals surface area contributed by atoms with Gasteiger partial charge in [0.15, 0.2) is 11.9 Å². The molecule has 4 amide bonds. The van der Waals surface area contributed by atoms with Crippen LogP contribution in [0, 0.1) is 0 Å². The number of amides is 4. The molecular weight excluding hydrogens is 528 g/mol. The minimum absolute atomic E-state index is 0.0873. The van der Waals surface area contributed by atoms with E-state index in [0.717, 1.165) is 16.3 Å². The normalized spacial score (nSPS) is 12.8. The third kappa shape index (κ3) is 11.8. The number of benzene rings is 2. The molecule has 2 rings (SSSR count). The Bertz CT molecular complexity index is 1270. The van der Waals surface area contributed by atoms with E-state index in [1.807, 2.05) is 42.5 Å². The van der Waals surface area contributed by atoms with Gasteiger partial charge in [-0.25, -0.2) is 0 Å². The fourth-order valence-electron chi connectivity index (χ4n) is 4.16. The highest BCUT2D eigenvalue weighted by molar-refractivity contribution is 5.94. The number of nitrogens with zero attached hydrogens (tertiary/aromatic N) is 2. The molecule has 0 spiro atoms. The molecule has 0 unspecified atom stereocenters. The Labute approximate surface area is 238 Å². The van der Waals surface area contributed by atoms with E-state index in [2.05, 4.69) is 25.9 Å². The van der Waals surface area contributed by atoms with Crippen LogP contribution in [0.15, 0.2) is 52.4 Å². The SMILES string of the molecule is CC(=O)N[C@H](CCCN=C(N)N)C(=O)N[C@@H](CCCN=C(N)N)C(=O)N[C@@H](Cc1ccc2ccccc2c1)C(N)=O. The van der Waals surface area contributed by atoms with E-state index in [1.54, 1.807) is 0 Å². The van der Waals surface area contributed by atoms with Gasteiger partial charge in [-0.05, 0) is 42.0 Å². The molecule has 0 aliphatic carbocycles. The van der Waals surface area contributed by atoms with Gasteiger partial charge in [-0.3, -0.25) is 29.2 Å². The van der Waals surface area contributed by atoms with Gasteiger partial charge >= 0.3 is 0 Å². The van der Waals surface area contributed by atoms with Crippen molar-refractivity contribution in [3.05, 3.63) is 48.0 Å². The predicted molar refractivity (Wildman–Crippen MR) is 158 cm³/mol. The Balaban J connectivity index is 2.18. The third-order valence-corrected chi connectivity index (χ3v) is 6.13. The maximum Gasteiger partial charge on any atom is 0.243 e.